The second-order valence-electron chi connectivity index (χ2n) is 10.3. The number of carboxylic acid groups (broad SMARTS) is 1. The molecule has 0 aliphatic rings. The third kappa shape index (κ3) is 7.01. The number of carbonyl (C=O) groups excluding carboxylic acids is 2. The molecule has 3 N–H and O–H groups in total. The van der Waals surface area contributed by atoms with Gasteiger partial charge in [-0.05, 0) is 60.2 Å². The minimum atomic E-state index is -1.51. The summed E-state index contributed by atoms with van der Waals surface area (Å²) >= 11 is 25.8. The molecule has 6 rings (SSSR count). The molecule has 1 heterocycles. The number of benzene rings is 5. The van der Waals surface area contributed by atoms with Gasteiger partial charge in [0.25, 0.3) is 5.91 Å². The predicted octanol–water partition coefficient (Wildman–Crippen LogP) is 10.5. The summed E-state index contributed by atoms with van der Waals surface area (Å²) in [6.45, 7) is 0. The molecule has 5 aromatic carbocycles. The second-order valence-corrected chi connectivity index (χ2v) is 12.9. The SMILES string of the molecule is O=C(O)c1c(Cl)c(Cl)c(Cl)c(Cl)c1C(=O)Nc1cccc(SC(C(=O)Nc2ccc(-c3nc4ccccc4o3)cc2)c2ccccc2)c1. The van der Waals surface area contributed by atoms with Crippen molar-refractivity contribution in [3.63, 3.8) is 0 Å². The van der Waals surface area contributed by atoms with Crippen LogP contribution in [0.4, 0.5) is 11.4 Å². The van der Waals surface area contributed by atoms with Gasteiger partial charge in [0.15, 0.2) is 5.58 Å². The van der Waals surface area contributed by atoms with Crippen molar-refractivity contribution in [2.45, 2.75) is 10.1 Å². The molecule has 13 heteroatoms. The number of nitrogens with one attached hydrogen (secondary N) is 2. The van der Waals surface area contributed by atoms with E-state index >= 15 is 0 Å². The van der Waals surface area contributed by atoms with Crippen LogP contribution < -0.4 is 10.6 Å². The largest absolute Gasteiger partial charge is 0.478 e. The molecule has 0 aliphatic carbocycles. The van der Waals surface area contributed by atoms with Gasteiger partial charge in [-0.15, -0.1) is 11.8 Å². The highest BCUT2D eigenvalue weighted by Crippen LogP contribution is 2.42. The van der Waals surface area contributed by atoms with Gasteiger partial charge >= 0.3 is 5.97 Å². The Hall–Kier alpha value is -4.51. The molecular formula is C35H21Cl4N3O5S. The fourth-order valence-electron chi connectivity index (χ4n) is 4.82. The van der Waals surface area contributed by atoms with E-state index in [1.54, 1.807) is 36.4 Å². The number of thioether (sulfide) groups is 1. The van der Waals surface area contributed by atoms with Crippen LogP contribution in [0.2, 0.25) is 20.1 Å². The second kappa shape index (κ2) is 14.3. The van der Waals surface area contributed by atoms with Crippen molar-refractivity contribution < 1.29 is 23.9 Å². The number of carboxylic acids is 1. The van der Waals surface area contributed by atoms with Gasteiger partial charge in [-0.2, -0.15) is 0 Å². The molecular weight excluding hydrogens is 716 g/mol. The Kier molecular flexibility index (Phi) is 9.96. The molecule has 0 saturated carbocycles. The van der Waals surface area contributed by atoms with Gasteiger partial charge in [-0.1, -0.05) is 94.9 Å². The van der Waals surface area contributed by atoms with E-state index in [0.29, 0.717) is 27.7 Å². The average molecular weight is 737 g/mol. The Morgan fingerprint density at radius 3 is 2.06 bits per heavy atom. The quantitative estimate of drug-likeness (QED) is 0.0767. The van der Waals surface area contributed by atoms with Gasteiger partial charge in [0.1, 0.15) is 10.8 Å². The van der Waals surface area contributed by atoms with Crippen molar-refractivity contribution in [3.05, 3.63) is 140 Å². The summed E-state index contributed by atoms with van der Waals surface area (Å²) in [5, 5.41) is 13.4. The Morgan fingerprint density at radius 2 is 1.38 bits per heavy atom. The summed E-state index contributed by atoms with van der Waals surface area (Å²) in [5.41, 5.74) is 2.81. The Labute approximate surface area is 298 Å². The van der Waals surface area contributed by atoms with Crippen LogP contribution in [0.3, 0.4) is 0 Å². The molecule has 1 unspecified atom stereocenters. The topological polar surface area (TPSA) is 122 Å². The van der Waals surface area contributed by atoms with Crippen molar-refractivity contribution >= 4 is 98.4 Å². The molecule has 240 valence electrons. The summed E-state index contributed by atoms with van der Waals surface area (Å²) in [4.78, 5) is 44.2. The zero-order valence-electron chi connectivity index (χ0n) is 24.3. The van der Waals surface area contributed by atoms with E-state index in [9.17, 15) is 19.5 Å². The summed E-state index contributed by atoms with van der Waals surface area (Å²) in [6.07, 6.45) is 0. The van der Waals surface area contributed by atoms with E-state index in [2.05, 4.69) is 15.6 Å². The molecule has 2 amide bonds. The van der Waals surface area contributed by atoms with E-state index in [-0.39, 0.29) is 21.0 Å². The van der Waals surface area contributed by atoms with Crippen molar-refractivity contribution in [1.29, 1.82) is 0 Å². The van der Waals surface area contributed by atoms with Crippen LogP contribution in [-0.4, -0.2) is 27.9 Å². The number of oxazole rings is 1. The number of rotatable bonds is 9. The minimum absolute atomic E-state index is 0.250. The van der Waals surface area contributed by atoms with Crippen LogP contribution >= 0.6 is 58.2 Å². The predicted molar refractivity (Wildman–Crippen MR) is 191 cm³/mol. The maximum Gasteiger partial charge on any atom is 0.338 e. The molecule has 1 aromatic heterocycles. The van der Waals surface area contributed by atoms with Crippen molar-refractivity contribution in [2.75, 3.05) is 10.6 Å². The lowest BCUT2D eigenvalue weighted by atomic mass is 10.1. The van der Waals surface area contributed by atoms with Crippen LogP contribution in [-0.2, 0) is 4.79 Å². The molecule has 1 atom stereocenters. The number of carbonyl (C=O) groups is 3. The summed E-state index contributed by atoms with van der Waals surface area (Å²) < 4.78 is 5.86. The average Bonchev–Trinajstić information content (AvgIpc) is 3.53. The number of anilines is 2. The Bertz CT molecular complexity index is 2160. The van der Waals surface area contributed by atoms with E-state index in [0.717, 1.165) is 16.6 Å². The highest BCUT2D eigenvalue weighted by molar-refractivity contribution is 8.00. The van der Waals surface area contributed by atoms with Crippen LogP contribution in [0.15, 0.2) is 112 Å². The van der Waals surface area contributed by atoms with Crippen LogP contribution in [0.1, 0.15) is 31.5 Å². The lowest BCUT2D eigenvalue weighted by Crippen LogP contribution is -2.19. The first-order valence-corrected chi connectivity index (χ1v) is 16.5. The summed E-state index contributed by atoms with van der Waals surface area (Å²) in [6, 6.07) is 30.6. The zero-order valence-corrected chi connectivity index (χ0v) is 28.2. The standard InChI is InChI=1S/C35H21Cl4N3O5S/c36-27-25(26(35(45)46)28(37)30(39)29(27)38)32(43)41-21-9-6-10-22(17-21)48-31(18-7-2-1-3-8-18)33(44)40-20-15-13-19(14-16-20)34-42-23-11-4-5-12-24(23)47-34/h1-17,31H,(H,40,44)(H,41,43)(H,45,46). The fourth-order valence-corrected chi connectivity index (χ4v) is 6.93. The van der Waals surface area contributed by atoms with Crippen LogP contribution in [0.5, 0.6) is 0 Å². The molecule has 0 aliphatic heterocycles. The number of amides is 2. The molecule has 0 bridgehead atoms. The molecule has 48 heavy (non-hydrogen) atoms. The normalized spacial score (nSPS) is 11.7. The van der Waals surface area contributed by atoms with Gasteiger partial charge in [0.2, 0.25) is 11.8 Å². The van der Waals surface area contributed by atoms with E-state index in [1.165, 1.54) is 11.8 Å². The van der Waals surface area contributed by atoms with E-state index in [1.807, 2.05) is 66.7 Å². The maximum atomic E-state index is 13.7. The fraction of sp³-hybridized carbons (Fsp3) is 0.0286. The molecule has 6 aromatic rings. The lowest BCUT2D eigenvalue weighted by molar-refractivity contribution is -0.115. The number of hydrogen-bond acceptors (Lipinski definition) is 6. The van der Waals surface area contributed by atoms with Gasteiger partial charge in [0, 0.05) is 21.8 Å². The number of fused-ring (bicyclic) bond motifs is 1. The summed E-state index contributed by atoms with van der Waals surface area (Å²) in [7, 11) is 0. The maximum absolute atomic E-state index is 13.7. The van der Waals surface area contributed by atoms with Crippen molar-refractivity contribution in [2.24, 2.45) is 0 Å². The smallest absolute Gasteiger partial charge is 0.338 e. The van der Waals surface area contributed by atoms with Gasteiger partial charge in [-0.3, -0.25) is 9.59 Å². The number of nitrogens with zero attached hydrogens (tertiary/aromatic N) is 1. The molecule has 0 fully saturated rings. The first-order valence-electron chi connectivity index (χ1n) is 14.1. The number of aromatic carboxylic acids is 1. The molecule has 8 nitrogen and oxygen atoms in total. The van der Waals surface area contributed by atoms with Crippen molar-refractivity contribution in [3.8, 4) is 11.5 Å². The third-order valence-corrected chi connectivity index (χ3v) is 10.1. The highest BCUT2D eigenvalue weighted by atomic mass is 35.5. The first-order chi connectivity index (χ1) is 23.1. The van der Waals surface area contributed by atoms with E-state index in [4.69, 9.17) is 50.8 Å². The number of para-hydroxylation sites is 2. The molecule has 0 radical (unpaired) electrons. The Balaban J connectivity index is 1.22. The van der Waals surface area contributed by atoms with Gasteiger partial charge < -0.3 is 20.2 Å². The van der Waals surface area contributed by atoms with Crippen LogP contribution in [0, 0.1) is 0 Å². The summed E-state index contributed by atoms with van der Waals surface area (Å²) in [5.74, 6) is -2.17. The monoisotopic (exact) mass is 735 g/mol. The minimum Gasteiger partial charge on any atom is -0.478 e. The van der Waals surface area contributed by atoms with E-state index < -0.39 is 33.3 Å². The molecule has 0 spiro atoms. The van der Waals surface area contributed by atoms with Crippen molar-refractivity contribution in [1.82, 2.24) is 4.98 Å². The first kappa shape index (κ1) is 33.4. The molecule has 0 saturated heterocycles. The number of halogens is 4. The number of aromatic nitrogens is 1. The number of hydrogen-bond donors (Lipinski definition) is 3. The van der Waals surface area contributed by atoms with Gasteiger partial charge in [0.05, 0.1) is 31.2 Å². The highest BCUT2D eigenvalue weighted by Gasteiger charge is 2.29. The zero-order chi connectivity index (χ0) is 33.9. The van der Waals surface area contributed by atoms with Gasteiger partial charge in [-0.25, -0.2) is 9.78 Å². The third-order valence-electron chi connectivity index (χ3n) is 7.09. The lowest BCUT2D eigenvalue weighted by Gasteiger charge is -2.18. The van der Waals surface area contributed by atoms with Crippen LogP contribution in [0.25, 0.3) is 22.6 Å². The Morgan fingerprint density at radius 1 is 0.708 bits per heavy atom.